The number of carbonyl (C=O) groups excluding carboxylic acids is 4. The van der Waals surface area contributed by atoms with Crippen molar-refractivity contribution in [1.29, 1.82) is 0 Å². The second-order valence-electron chi connectivity index (χ2n) is 16.2. The minimum atomic E-state index is -0.461. The number of dihydropyridines is 1. The molecule has 1 aliphatic carbocycles. The molecule has 0 bridgehead atoms. The SMILES string of the molecule is CC(=O)c1c(C)c2cnc(NC3=CC=C(N4CCN(CC(=O)NCCOCCOCCC(=O)Nc5ccccc5C(=O)Nc5ncc(C)o5)CC4)C(C)N3)nc2n(C2CCCC2)c1=O. The molecule has 5 heterocycles. The molecule has 4 aromatic rings. The molecule has 1 aromatic carbocycles. The van der Waals surface area contributed by atoms with Crippen molar-refractivity contribution < 1.29 is 33.1 Å². The van der Waals surface area contributed by atoms with Crippen LogP contribution in [0.15, 0.2) is 69.5 Å². The Balaban J connectivity index is 0.777. The third-order valence-electron chi connectivity index (χ3n) is 11.5. The Kier molecular flexibility index (Phi) is 15.2. The van der Waals surface area contributed by atoms with Crippen LogP contribution >= 0.6 is 0 Å². The molecule has 1 atom stereocenters. The molecule has 19 heteroatoms. The average molecular weight is 880 g/mol. The lowest BCUT2D eigenvalue weighted by atomic mass is 10.0. The number of hydrogen-bond acceptors (Lipinski definition) is 15. The van der Waals surface area contributed by atoms with Crippen LogP contribution in [0.1, 0.15) is 84.0 Å². The highest BCUT2D eigenvalue weighted by Crippen LogP contribution is 2.32. The van der Waals surface area contributed by atoms with Crippen LogP contribution in [0.2, 0.25) is 0 Å². The number of fused-ring (bicyclic) bond motifs is 1. The van der Waals surface area contributed by atoms with Crippen molar-refractivity contribution in [2.24, 2.45) is 0 Å². The summed E-state index contributed by atoms with van der Waals surface area (Å²) in [5, 5.41) is 15.8. The molecule has 3 aliphatic rings. The molecule has 0 radical (unpaired) electrons. The fraction of sp³-hybridized carbons (Fsp3) is 0.467. The summed E-state index contributed by atoms with van der Waals surface area (Å²) < 4.78 is 18.2. The molecule has 5 N–H and O–H groups in total. The minimum Gasteiger partial charge on any atom is -0.429 e. The van der Waals surface area contributed by atoms with Crippen molar-refractivity contribution in [1.82, 2.24) is 40.0 Å². The van der Waals surface area contributed by atoms with E-state index in [0.717, 1.165) is 63.4 Å². The Morgan fingerprint density at radius 2 is 1.66 bits per heavy atom. The number of anilines is 3. The van der Waals surface area contributed by atoms with Crippen LogP contribution in [0, 0.1) is 13.8 Å². The molecular weight excluding hydrogens is 823 g/mol. The molecule has 2 fully saturated rings. The van der Waals surface area contributed by atoms with Gasteiger partial charge in [0.2, 0.25) is 17.8 Å². The third-order valence-corrected chi connectivity index (χ3v) is 11.5. The van der Waals surface area contributed by atoms with Gasteiger partial charge in [0.05, 0.1) is 68.4 Å². The normalized spacial score (nSPS) is 16.8. The second kappa shape index (κ2) is 21.3. The zero-order chi connectivity index (χ0) is 45.2. The van der Waals surface area contributed by atoms with Crippen molar-refractivity contribution in [2.75, 3.05) is 81.6 Å². The number of ether oxygens (including phenoxy) is 2. The van der Waals surface area contributed by atoms with Crippen molar-refractivity contribution in [3.8, 4) is 0 Å². The number of nitrogens with one attached hydrogen (secondary N) is 5. The van der Waals surface area contributed by atoms with E-state index in [-0.39, 0.29) is 72.0 Å². The van der Waals surface area contributed by atoms with Crippen LogP contribution in [0.3, 0.4) is 0 Å². The lowest BCUT2D eigenvalue weighted by Gasteiger charge is -2.40. The fourth-order valence-corrected chi connectivity index (χ4v) is 8.31. The van der Waals surface area contributed by atoms with Crippen molar-refractivity contribution in [3.63, 3.8) is 0 Å². The number of aryl methyl sites for hydroxylation is 2. The number of pyridine rings is 1. The minimum absolute atomic E-state index is 0.00168. The van der Waals surface area contributed by atoms with Gasteiger partial charge in [0, 0.05) is 56.0 Å². The number of aromatic nitrogens is 4. The zero-order valence-electron chi connectivity index (χ0n) is 36.8. The first-order valence-electron chi connectivity index (χ1n) is 21.9. The number of nitrogens with zero attached hydrogens (tertiary/aromatic N) is 6. The maximum atomic E-state index is 13.6. The van der Waals surface area contributed by atoms with Gasteiger partial charge >= 0.3 is 6.01 Å². The largest absolute Gasteiger partial charge is 0.429 e. The second-order valence-corrected chi connectivity index (χ2v) is 16.2. The van der Waals surface area contributed by atoms with E-state index in [4.69, 9.17) is 18.9 Å². The third kappa shape index (κ3) is 11.4. The molecule has 3 amide bonds. The molecule has 7 rings (SSSR count). The van der Waals surface area contributed by atoms with Crippen molar-refractivity contribution >= 4 is 52.2 Å². The molecule has 3 aromatic heterocycles. The Labute approximate surface area is 371 Å². The van der Waals surface area contributed by atoms with E-state index >= 15 is 0 Å². The molecular formula is C45H57N11O8. The fourth-order valence-electron chi connectivity index (χ4n) is 8.31. The van der Waals surface area contributed by atoms with Crippen molar-refractivity contribution in [3.05, 3.63) is 93.1 Å². The van der Waals surface area contributed by atoms with E-state index in [2.05, 4.69) is 59.4 Å². The van der Waals surface area contributed by atoms with Gasteiger partial charge in [-0.05, 0) is 70.4 Å². The van der Waals surface area contributed by atoms with E-state index in [1.807, 2.05) is 6.08 Å². The van der Waals surface area contributed by atoms with Gasteiger partial charge < -0.3 is 40.1 Å². The Morgan fingerprint density at radius 1 is 0.906 bits per heavy atom. The van der Waals surface area contributed by atoms with E-state index in [1.54, 1.807) is 48.9 Å². The average Bonchev–Trinajstić information content (AvgIpc) is 3.95. The summed E-state index contributed by atoms with van der Waals surface area (Å²) in [5.74, 6) is 0.576. The van der Waals surface area contributed by atoms with E-state index in [9.17, 15) is 24.0 Å². The maximum Gasteiger partial charge on any atom is 0.301 e. The van der Waals surface area contributed by atoms with E-state index in [0.29, 0.717) is 60.3 Å². The summed E-state index contributed by atoms with van der Waals surface area (Å²) in [5.41, 5.74) is 2.85. The number of rotatable bonds is 19. The molecule has 64 heavy (non-hydrogen) atoms. The van der Waals surface area contributed by atoms with Crippen LogP contribution in [0.4, 0.5) is 17.7 Å². The quantitative estimate of drug-likeness (QED) is 0.0665. The van der Waals surface area contributed by atoms with Gasteiger partial charge in [0.25, 0.3) is 11.5 Å². The number of hydrogen-bond donors (Lipinski definition) is 5. The number of ketones is 1. The molecule has 1 saturated heterocycles. The topological polar surface area (TPSA) is 227 Å². The summed E-state index contributed by atoms with van der Waals surface area (Å²) in [7, 11) is 0. The monoisotopic (exact) mass is 879 g/mol. The first kappa shape index (κ1) is 45.6. The number of amides is 3. The van der Waals surface area contributed by atoms with E-state index in [1.165, 1.54) is 13.1 Å². The highest BCUT2D eigenvalue weighted by Gasteiger charge is 2.28. The number of allylic oxidation sites excluding steroid dienone is 2. The lowest BCUT2D eigenvalue weighted by molar-refractivity contribution is -0.122. The standard InChI is InChI=1S/C45H57N11O8/c1-28-25-48-45(64-28)53-42(60)33-11-7-8-12-35(33)50-38(58)15-21-62-23-24-63-22-16-46-39(59)27-54-17-19-55(20-18-54)36-13-14-37(49-30(36)3)51-44-47-26-34-29(2)40(31(4)57)43(61)56(41(34)52-44)32-9-5-6-10-32/h7-8,11-14,25-26,30,32,49H,5-6,9-10,15-24,27H2,1-4H3,(H,46,59)(H,50,58)(H,47,51,52)(H,48,53,60). The number of piperazine rings is 1. The summed E-state index contributed by atoms with van der Waals surface area (Å²) in [6.45, 7) is 11.8. The summed E-state index contributed by atoms with van der Waals surface area (Å²) >= 11 is 0. The number of benzene rings is 1. The van der Waals surface area contributed by atoms with Gasteiger partial charge in [-0.2, -0.15) is 4.98 Å². The summed E-state index contributed by atoms with van der Waals surface area (Å²) in [6, 6.07) is 6.72. The molecule has 340 valence electrons. The van der Waals surface area contributed by atoms with E-state index < -0.39 is 5.91 Å². The predicted octanol–water partition coefficient (Wildman–Crippen LogP) is 3.89. The smallest absolute Gasteiger partial charge is 0.301 e. The predicted molar refractivity (Wildman–Crippen MR) is 240 cm³/mol. The molecule has 0 spiro atoms. The molecule has 2 aliphatic heterocycles. The summed E-state index contributed by atoms with van der Waals surface area (Å²) in [6.07, 6.45) is 11.1. The number of para-hydroxylation sites is 1. The zero-order valence-corrected chi connectivity index (χ0v) is 36.8. The first-order chi connectivity index (χ1) is 30.9. The van der Waals surface area contributed by atoms with Crippen LogP contribution in [-0.4, -0.2) is 125 Å². The van der Waals surface area contributed by atoms with Gasteiger partial charge in [-0.3, -0.25) is 38.8 Å². The van der Waals surface area contributed by atoms with Crippen LogP contribution in [0.25, 0.3) is 11.0 Å². The number of Topliss-reactive ketones (excluding diaryl/α,β-unsaturated/α-hetero) is 1. The number of carbonyl (C=O) groups is 4. The molecule has 1 unspecified atom stereocenters. The van der Waals surface area contributed by atoms with Crippen LogP contribution < -0.4 is 32.1 Å². The van der Waals surface area contributed by atoms with Gasteiger partial charge in [-0.1, -0.05) is 25.0 Å². The maximum absolute atomic E-state index is 13.6. The lowest BCUT2D eigenvalue weighted by Crippen LogP contribution is -2.51. The highest BCUT2D eigenvalue weighted by atomic mass is 16.5. The molecule has 1 saturated carbocycles. The van der Waals surface area contributed by atoms with Crippen LogP contribution in [0.5, 0.6) is 0 Å². The van der Waals surface area contributed by atoms with Gasteiger partial charge in [-0.15, -0.1) is 0 Å². The van der Waals surface area contributed by atoms with Gasteiger partial charge in [-0.25, -0.2) is 9.97 Å². The van der Waals surface area contributed by atoms with Gasteiger partial charge in [0.1, 0.15) is 17.2 Å². The van der Waals surface area contributed by atoms with Gasteiger partial charge in [0.15, 0.2) is 5.78 Å². The first-order valence-corrected chi connectivity index (χ1v) is 21.9. The Morgan fingerprint density at radius 3 is 2.38 bits per heavy atom. The van der Waals surface area contributed by atoms with Crippen molar-refractivity contribution in [2.45, 2.75) is 71.9 Å². The highest BCUT2D eigenvalue weighted by molar-refractivity contribution is 6.09. The summed E-state index contributed by atoms with van der Waals surface area (Å²) in [4.78, 5) is 81.8. The Bertz CT molecular complexity index is 2470. The number of oxazole rings is 1. The molecule has 19 nitrogen and oxygen atoms in total. The van der Waals surface area contributed by atoms with Crippen LogP contribution in [-0.2, 0) is 19.1 Å². The Hall–Kier alpha value is -6.44.